The Bertz CT molecular complexity index is 309. The van der Waals surface area contributed by atoms with Gasteiger partial charge < -0.3 is 5.32 Å². The Kier molecular flexibility index (Phi) is 4.58. The molecule has 0 heterocycles. The van der Waals surface area contributed by atoms with Crippen molar-refractivity contribution < 1.29 is 13.2 Å². The zero-order chi connectivity index (χ0) is 11.6. The van der Waals surface area contributed by atoms with Crippen LogP contribution in [-0.2, 0) is 14.6 Å². The normalized spacial score (nSPS) is 14.9. The van der Waals surface area contributed by atoms with Crippen molar-refractivity contribution in [1.82, 2.24) is 5.32 Å². The van der Waals surface area contributed by atoms with Gasteiger partial charge in [-0.3, -0.25) is 4.79 Å². The molecule has 0 aromatic carbocycles. The predicted molar refractivity (Wildman–Crippen MR) is 60.3 cm³/mol. The van der Waals surface area contributed by atoms with Gasteiger partial charge in [0.2, 0.25) is 5.91 Å². The molecule has 0 aliphatic carbocycles. The van der Waals surface area contributed by atoms with Crippen LogP contribution in [0.5, 0.6) is 0 Å². The third kappa shape index (κ3) is 3.57. The lowest BCUT2D eigenvalue weighted by Crippen LogP contribution is -2.48. The number of hydrogen-bond acceptors (Lipinski definition) is 3. The molecule has 14 heavy (non-hydrogen) atoms. The molecule has 1 atom stereocenters. The van der Waals surface area contributed by atoms with Gasteiger partial charge in [-0.15, -0.1) is 0 Å². The quantitative estimate of drug-likeness (QED) is 0.774. The van der Waals surface area contributed by atoms with Gasteiger partial charge in [-0.25, -0.2) is 8.42 Å². The largest absolute Gasteiger partial charge is 0.354 e. The Morgan fingerprint density at radius 3 is 2.21 bits per heavy atom. The highest BCUT2D eigenvalue weighted by molar-refractivity contribution is 9.09. The summed E-state index contributed by atoms with van der Waals surface area (Å²) in [4.78, 5) is 11.6. The Morgan fingerprint density at radius 1 is 1.50 bits per heavy atom. The number of rotatable bonds is 4. The van der Waals surface area contributed by atoms with E-state index in [1.807, 2.05) is 6.92 Å². The first-order chi connectivity index (χ1) is 6.09. The summed E-state index contributed by atoms with van der Waals surface area (Å²) in [5.41, 5.74) is 0. The number of carbonyl (C=O) groups excluding carboxylic acids is 1. The summed E-state index contributed by atoms with van der Waals surface area (Å²) in [6.45, 7) is 5.08. The third-order valence-electron chi connectivity index (χ3n) is 2.02. The van der Waals surface area contributed by atoms with Gasteiger partial charge in [0, 0.05) is 17.6 Å². The standard InChI is InChI=1S/C8H16BrNO3S/c1-6(9)5-10-7(11)8(2,3)14(4,12)13/h6H,5H2,1-4H3,(H,10,11). The summed E-state index contributed by atoms with van der Waals surface area (Å²) < 4.78 is 21.2. The van der Waals surface area contributed by atoms with Crippen LogP contribution in [0.4, 0.5) is 0 Å². The molecule has 0 saturated carbocycles. The Balaban J connectivity index is 4.54. The Labute approximate surface area is 93.5 Å². The van der Waals surface area contributed by atoms with Crippen LogP contribution in [-0.4, -0.2) is 36.7 Å². The van der Waals surface area contributed by atoms with Crippen molar-refractivity contribution >= 4 is 31.7 Å². The highest BCUT2D eigenvalue weighted by atomic mass is 79.9. The molecule has 0 radical (unpaired) electrons. The number of sulfone groups is 1. The van der Waals surface area contributed by atoms with E-state index in [1.165, 1.54) is 13.8 Å². The monoisotopic (exact) mass is 285 g/mol. The van der Waals surface area contributed by atoms with E-state index in [-0.39, 0.29) is 4.83 Å². The van der Waals surface area contributed by atoms with E-state index in [1.54, 1.807) is 0 Å². The number of hydrogen-bond donors (Lipinski definition) is 1. The van der Waals surface area contributed by atoms with Crippen LogP contribution in [0.1, 0.15) is 20.8 Å². The van der Waals surface area contributed by atoms with Crippen molar-refractivity contribution in [3.05, 3.63) is 0 Å². The summed E-state index contributed by atoms with van der Waals surface area (Å²) in [6, 6.07) is 0. The fourth-order valence-corrected chi connectivity index (χ4v) is 1.19. The Morgan fingerprint density at radius 2 is 1.93 bits per heavy atom. The molecule has 4 nitrogen and oxygen atoms in total. The van der Waals surface area contributed by atoms with Gasteiger partial charge in [0.1, 0.15) is 4.75 Å². The molecule has 0 fully saturated rings. The van der Waals surface area contributed by atoms with Crippen molar-refractivity contribution in [2.75, 3.05) is 12.8 Å². The molecule has 84 valence electrons. The molecule has 0 rings (SSSR count). The van der Waals surface area contributed by atoms with E-state index in [9.17, 15) is 13.2 Å². The molecule has 0 saturated heterocycles. The van der Waals surface area contributed by atoms with Gasteiger partial charge >= 0.3 is 0 Å². The minimum absolute atomic E-state index is 0.127. The number of amides is 1. The first-order valence-electron chi connectivity index (χ1n) is 4.21. The molecule has 0 aliphatic heterocycles. The van der Waals surface area contributed by atoms with E-state index in [0.29, 0.717) is 6.54 Å². The van der Waals surface area contributed by atoms with Gasteiger partial charge in [-0.2, -0.15) is 0 Å². The van der Waals surface area contributed by atoms with E-state index >= 15 is 0 Å². The first kappa shape index (κ1) is 13.9. The molecular weight excluding hydrogens is 270 g/mol. The molecule has 0 aliphatic rings. The van der Waals surface area contributed by atoms with Crippen LogP contribution < -0.4 is 5.32 Å². The summed E-state index contributed by atoms with van der Waals surface area (Å²) >= 11 is 3.26. The third-order valence-corrected chi connectivity index (χ3v) is 4.38. The van der Waals surface area contributed by atoms with E-state index in [4.69, 9.17) is 0 Å². The molecular formula is C8H16BrNO3S. The summed E-state index contributed by atoms with van der Waals surface area (Å²) in [7, 11) is -3.38. The maximum Gasteiger partial charge on any atom is 0.240 e. The SMILES string of the molecule is CC(Br)CNC(=O)C(C)(C)S(C)(=O)=O. The topological polar surface area (TPSA) is 63.2 Å². The van der Waals surface area contributed by atoms with Crippen molar-refractivity contribution in [2.45, 2.75) is 30.3 Å². The number of halogens is 1. The zero-order valence-electron chi connectivity index (χ0n) is 8.80. The van der Waals surface area contributed by atoms with Crippen LogP contribution >= 0.6 is 15.9 Å². The molecule has 0 aromatic rings. The van der Waals surface area contributed by atoms with Crippen LogP contribution in [0, 0.1) is 0 Å². The molecule has 0 aromatic heterocycles. The average Bonchev–Trinajstić information content (AvgIpc) is 1.97. The smallest absolute Gasteiger partial charge is 0.240 e. The van der Waals surface area contributed by atoms with Crippen LogP contribution in [0.3, 0.4) is 0 Å². The Hall–Kier alpha value is -0.100. The first-order valence-corrected chi connectivity index (χ1v) is 7.01. The van der Waals surface area contributed by atoms with E-state index < -0.39 is 20.5 Å². The van der Waals surface area contributed by atoms with Gasteiger partial charge in [0.05, 0.1) is 0 Å². The molecule has 1 amide bonds. The minimum atomic E-state index is -3.38. The minimum Gasteiger partial charge on any atom is -0.354 e. The van der Waals surface area contributed by atoms with Crippen molar-refractivity contribution in [1.29, 1.82) is 0 Å². The summed E-state index contributed by atoms with van der Waals surface area (Å²) in [5, 5.41) is 2.56. The second-order valence-electron chi connectivity index (χ2n) is 3.77. The summed E-state index contributed by atoms with van der Waals surface area (Å²) in [5.74, 6) is -0.466. The second-order valence-corrected chi connectivity index (χ2v) is 7.90. The van der Waals surface area contributed by atoms with Gasteiger partial charge in [0.25, 0.3) is 0 Å². The van der Waals surface area contributed by atoms with Crippen LogP contribution in [0.15, 0.2) is 0 Å². The highest BCUT2D eigenvalue weighted by Crippen LogP contribution is 2.14. The van der Waals surface area contributed by atoms with Gasteiger partial charge in [-0.05, 0) is 13.8 Å². The summed E-state index contributed by atoms with van der Waals surface area (Å²) in [6.07, 6.45) is 1.06. The van der Waals surface area contributed by atoms with E-state index in [0.717, 1.165) is 6.26 Å². The van der Waals surface area contributed by atoms with Gasteiger partial charge in [0.15, 0.2) is 9.84 Å². The lowest BCUT2D eigenvalue weighted by atomic mass is 10.2. The molecule has 1 N–H and O–H groups in total. The van der Waals surface area contributed by atoms with Crippen molar-refractivity contribution in [3.63, 3.8) is 0 Å². The number of carbonyl (C=O) groups is 1. The molecule has 1 unspecified atom stereocenters. The molecule has 0 bridgehead atoms. The maximum atomic E-state index is 11.5. The maximum absolute atomic E-state index is 11.5. The predicted octanol–water partition coefficient (Wildman–Crippen LogP) is 0.709. The van der Waals surface area contributed by atoms with Crippen molar-refractivity contribution in [2.24, 2.45) is 0 Å². The lowest BCUT2D eigenvalue weighted by Gasteiger charge is -2.21. The molecule has 0 spiro atoms. The lowest BCUT2D eigenvalue weighted by molar-refractivity contribution is -0.122. The fraction of sp³-hybridized carbons (Fsp3) is 0.875. The average molecular weight is 286 g/mol. The van der Waals surface area contributed by atoms with Crippen LogP contribution in [0.25, 0.3) is 0 Å². The van der Waals surface area contributed by atoms with Gasteiger partial charge in [-0.1, -0.05) is 22.9 Å². The molecule has 6 heteroatoms. The fourth-order valence-electron chi connectivity index (χ4n) is 0.615. The van der Waals surface area contributed by atoms with Crippen LogP contribution in [0.2, 0.25) is 0 Å². The number of alkyl halides is 1. The highest BCUT2D eigenvalue weighted by Gasteiger charge is 2.38. The number of nitrogens with one attached hydrogen (secondary N) is 1. The van der Waals surface area contributed by atoms with E-state index in [2.05, 4.69) is 21.2 Å². The second kappa shape index (κ2) is 4.61. The van der Waals surface area contributed by atoms with Crippen molar-refractivity contribution in [3.8, 4) is 0 Å². The zero-order valence-corrected chi connectivity index (χ0v) is 11.2.